The smallest absolute Gasteiger partial charge is 0.165 e. The van der Waals surface area contributed by atoms with Gasteiger partial charge in [0.05, 0.1) is 0 Å². The third-order valence-electron chi connectivity index (χ3n) is 2.27. The maximum atomic E-state index is 12.3. The number of hydrogen-bond acceptors (Lipinski definition) is 1. The van der Waals surface area contributed by atoms with Gasteiger partial charge >= 0.3 is 0 Å². The van der Waals surface area contributed by atoms with Gasteiger partial charge in [0, 0.05) is 17.9 Å². The van der Waals surface area contributed by atoms with E-state index in [1.165, 1.54) is 0 Å². The lowest BCUT2D eigenvalue weighted by Crippen LogP contribution is -2.18. The molecular formula is C14H19ClO. The van der Waals surface area contributed by atoms with Gasteiger partial charge in [0.2, 0.25) is 0 Å². The average Bonchev–Trinajstić information content (AvgIpc) is 2.12. The van der Waals surface area contributed by atoms with Crippen molar-refractivity contribution in [1.82, 2.24) is 0 Å². The third-order valence-corrected chi connectivity index (χ3v) is 2.51. The van der Waals surface area contributed by atoms with E-state index in [0.717, 1.165) is 0 Å². The molecule has 0 bridgehead atoms. The molecule has 1 aromatic carbocycles. The van der Waals surface area contributed by atoms with Crippen molar-refractivity contribution < 1.29 is 6.17 Å². The fraction of sp³-hybridized carbons (Fsp3) is 0.500. The Balaban J connectivity index is 2.96. The second-order valence-corrected chi connectivity index (χ2v) is 5.79. The maximum absolute atomic E-state index is 12.3. The molecule has 0 aliphatic heterocycles. The zero-order valence-corrected chi connectivity index (χ0v) is 11.1. The maximum Gasteiger partial charge on any atom is 0.165 e. The molecule has 0 N–H and O–H groups in total. The van der Waals surface area contributed by atoms with Crippen molar-refractivity contribution in [1.29, 1.82) is 0 Å². The van der Waals surface area contributed by atoms with E-state index >= 15 is 0 Å². The highest BCUT2D eigenvalue weighted by molar-refractivity contribution is 6.31. The van der Waals surface area contributed by atoms with Crippen molar-refractivity contribution in [2.75, 3.05) is 0 Å². The van der Waals surface area contributed by atoms with Gasteiger partial charge in [0.1, 0.15) is 0 Å². The van der Waals surface area contributed by atoms with Crippen LogP contribution in [-0.2, 0) is 0 Å². The lowest BCUT2D eigenvalue weighted by atomic mass is 9.82. The van der Waals surface area contributed by atoms with Crippen LogP contribution in [0.15, 0.2) is 24.3 Å². The number of carbonyl (C=O) groups is 1. The van der Waals surface area contributed by atoms with E-state index in [4.69, 9.17) is 13.0 Å². The topological polar surface area (TPSA) is 17.1 Å². The first-order valence-electron chi connectivity index (χ1n) is 5.92. The van der Waals surface area contributed by atoms with Gasteiger partial charge in [-0.2, -0.15) is 0 Å². The summed E-state index contributed by atoms with van der Waals surface area (Å²) in [5, 5.41) is 0.530. The molecule has 1 unspecified atom stereocenters. The summed E-state index contributed by atoms with van der Waals surface area (Å²) in [4.78, 5) is 12.3. The molecule has 1 rings (SSSR count). The number of rotatable bonds is 3. The molecule has 1 nitrogen and oxygen atoms in total. The lowest BCUT2D eigenvalue weighted by molar-refractivity contribution is 0.0897. The van der Waals surface area contributed by atoms with Crippen molar-refractivity contribution in [3.8, 4) is 0 Å². The van der Waals surface area contributed by atoms with Crippen LogP contribution in [-0.4, -0.2) is 5.78 Å². The molecule has 0 radical (unpaired) electrons. The van der Waals surface area contributed by atoms with Gasteiger partial charge < -0.3 is 0 Å². The average molecular weight is 240 g/mol. The molecule has 1 atom stereocenters. The van der Waals surface area contributed by atoms with Gasteiger partial charge in [-0.3, -0.25) is 4.79 Å². The standard InChI is InChI=1S/C14H19ClO/c1-10(9-14(2,3)4)13(16)11-6-5-7-12(15)8-11/h5-8,10H,9H2,1-4H3/i10D. The van der Waals surface area contributed by atoms with Crippen molar-refractivity contribution >= 4 is 17.4 Å². The molecule has 0 aliphatic rings. The zero-order chi connectivity index (χ0) is 13.3. The van der Waals surface area contributed by atoms with Crippen LogP contribution in [0.2, 0.25) is 5.02 Å². The van der Waals surface area contributed by atoms with Gasteiger partial charge in [-0.15, -0.1) is 0 Å². The molecule has 0 amide bonds. The van der Waals surface area contributed by atoms with Crippen LogP contribution in [0.4, 0.5) is 0 Å². The van der Waals surface area contributed by atoms with Crippen LogP contribution in [0.25, 0.3) is 0 Å². The predicted molar refractivity (Wildman–Crippen MR) is 69.0 cm³/mol. The van der Waals surface area contributed by atoms with Crippen molar-refractivity contribution in [2.45, 2.75) is 34.1 Å². The van der Waals surface area contributed by atoms with E-state index in [9.17, 15) is 4.79 Å². The van der Waals surface area contributed by atoms with E-state index in [1.54, 1.807) is 31.2 Å². The zero-order valence-electron chi connectivity index (χ0n) is 11.3. The summed E-state index contributed by atoms with van der Waals surface area (Å²) in [6.45, 7) is 7.77. The molecule has 2 heteroatoms. The predicted octanol–water partition coefficient (Wildman–Crippen LogP) is 4.60. The molecule has 16 heavy (non-hydrogen) atoms. The molecule has 0 fully saturated rings. The summed E-state index contributed by atoms with van der Waals surface area (Å²) in [5.74, 6) is -1.28. The van der Waals surface area contributed by atoms with Crippen molar-refractivity contribution in [2.24, 2.45) is 11.3 Å². The highest BCUT2D eigenvalue weighted by Gasteiger charge is 2.21. The minimum atomic E-state index is -1.11. The van der Waals surface area contributed by atoms with Crippen LogP contribution in [0.1, 0.15) is 45.8 Å². The fourth-order valence-corrected chi connectivity index (χ4v) is 1.94. The summed E-state index contributed by atoms with van der Waals surface area (Å²) < 4.78 is 8.20. The Morgan fingerprint density at radius 2 is 2.12 bits per heavy atom. The van der Waals surface area contributed by atoms with Crippen molar-refractivity contribution in [3.05, 3.63) is 34.9 Å². The Morgan fingerprint density at radius 3 is 2.62 bits per heavy atom. The highest BCUT2D eigenvalue weighted by atomic mass is 35.5. The fourth-order valence-electron chi connectivity index (χ4n) is 1.75. The lowest BCUT2D eigenvalue weighted by Gasteiger charge is -2.22. The van der Waals surface area contributed by atoms with Crippen molar-refractivity contribution in [3.63, 3.8) is 0 Å². The van der Waals surface area contributed by atoms with E-state index in [1.807, 2.05) is 20.8 Å². The Morgan fingerprint density at radius 1 is 1.50 bits per heavy atom. The monoisotopic (exact) mass is 239 g/mol. The summed E-state index contributed by atoms with van der Waals surface area (Å²) >= 11 is 5.86. The van der Waals surface area contributed by atoms with Crippen LogP contribution in [0.5, 0.6) is 0 Å². The first-order valence-corrected chi connectivity index (χ1v) is 5.80. The molecule has 88 valence electrons. The van der Waals surface area contributed by atoms with Gasteiger partial charge in [-0.1, -0.05) is 51.4 Å². The molecular weight excluding hydrogens is 220 g/mol. The number of halogens is 1. The molecule has 0 heterocycles. The largest absolute Gasteiger partial charge is 0.294 e. The Hall–Kier alpha value is -0.820. The number of ketones is 1. The van der Waals surface area contributed by atoms with Crippen LogP contribution >= 0.6 is 11.6 Å². The van der Waals surface area contributed by atoms with E-state index in [2.05, 4.69) is 0 Å². The van der Waals surface area contributed by atoms with Crippen LogP contribution < -0.4 is 0 Å². The van der Waals surface area contributed by atoms with Gasteiger partial charge in [0.25, 0.3) is 0 Å². The SMILES string of the molecule is [2H]C(C)(CC(C)(C)C)C(=O)c1cccc(Cl)c1. The van der Waals surface area contributed by atoms with E-state index in [0.29, 0.717) is 17.0 Å². The third kappa shape index (κ3) is 3.97. The quantitative estimate of drug-likeness (QED) is 0.705. The molecule has 0 spiro atoms. The number of Topliss-reactive ketones (excluding diaryl/α,β-unsaturated/α-hetero) is 1. The second-order valence-electron chi connectivity index (χ2n) is 5.36. The van der Waals surface area contributed by atoms with Gasteiger partial charge in [-0.05, 0) is 24.0 Å². The summed E-state index contributed by atoms with van der Waals surface area (Å²) in [5.41, 5.74) is 0.462. The molecule has 0 aliphatic carbocycles. The number of carbonyl (C=O) groups excluding carboxylic acids is 1. The van der Waals surface area contributed by atoms with Crippen LogP contribution in [0, 0.1) is 11.3 Å². The second kappa shape index (κ2) is 5.01. The first kappa shape index (κ1) is 11.7. The minimum absolute atomic E-state index is 0.0509. The molecule has 1 aromatic rings. The number of hydrogen-bond donors (Lipinski definition) is 0. The number of benzene rings is 1. The summed E-state index contributed by atoms with van der Waals surface area (Å²) in [6, 6.07) is 6.80. The normalized spacial score (nSPS) is 16.4. The minimum Gasteiger partial charge on any atom is -0.294 e. The molecule has 0 aromatic heterocycles. The Kier molecular flexibility index (Phi) is 3.65. The molecule has 0 saturated heterocycles. The van der Waals surface area contributed by atoms with Crippen LogP contribution in [0.3, 0.4) is 0 Å². The Labute approximate surface area is 104 Å². The highest BCUT2D eigenvalue weighted by Crippen LogP contribution is 2.26. The van der Waals surface area contributed by atoms with E-state index < -0.39 is 5.89 Å². The Bertz CT molecular complexity index is 418. The van der Waals surface area contributed by atoms with Gasteiger partial charge in [0.15, 0.2) is 5.78 Å². The molecule has 0 saturated carbocycles. The summed E-state index contributed by atoms with van der Waals surface area (Å²) in [7, 11) is 0. The summed E-state index contributed by atoms with van der Waals surface area (Å²) in [6.07, 6.45) is 0.519. The first-order chi connectivity index (χ1) is 7.62. The van der Waals surface area contributed by atoms with E-state index in [-0.39, 0.29) is 11.2 Å². The van der Waals surface area contributed by atoms with Gasteiger partial charge in [-0.25, -0.2) is 0 Å².